The molecule has 0 bridgehead atoms. The first-order valence-corrected chi connectivity index (χ1v) is 12.4. The van der Waals surface area contributed by atoms with Crippen LogP contribution in [0.3, 0.4) is 0 Å². The Morgan fingerprint density at radius 3 is 2.31 bits per heavy atom. The molecule has 0 aliphatic rings. The lowest BCUT2D eigenvalue weighted by Crippen LogP contribution is -2.17. The predicted molar refractivity (Wildman–Crippen MR) is 128 cm³/mol. The highest BCUT2D eigenvalue weighted by molar-refractivity contribution is 7.91. The number of carbonyl (C=O) groups is 2. The van der Waals surface area contributed by atoms with Crippen molar-refractivity contribution in [2.75, 3.05) is 11.1 Å². The minimum atomic E-state index is -3.32. The number of halogens is 1. The van der Waals surface area contributed by atoms with Crippen LogP contribution in [-0.4, -0.2) is 30.8 Å². The van der Waals surface area contributed by atoms with Crippen LogP contribution in [0.1, 0.15) is 28.5 Å². The molecule has 0 atom stereocenters. The van der Waals surface area contributed by atoms with Gasteiger partial charge in [0.05, 0.1) is 29.6 Å². The summed E-state index contributed by atoms with van der Waals surface area (Å²) in [5.74, 6) is -1.14. The molecule has 0 radical (unpaired) electrons. The quantitative estimate of drug-likeness (QED) is 0.358. The van der Waals surface area contributed by atoms with Crippen molar-refractivity contribution in [3.05, 3.63) is 102 Å². The largest absolute Gasteiger partial charge is 0.472 e. The molecule has 0 saturated carbocycles. The number of aromatic nitrogens is 1. The number of hydrogen-bond donors (Lipinski definition) is 1. The van der Waals surface area contributed by atoms with Gasteiger partial charge in [-0.25, -0.2) is 17.8 Å². The first kappa shape index (κ1) is 24.0. The molecule has 178 valence electrons. The number of nitrogens with one attached hydrogen (secondary N) is 1. The Morgan fingerprint density at radius 2 is 1.69 bits per heavy atom. The van der Waals surface area contributed by atoms with Gasteiger partial charge in [0.25, 0.3) is 0 Å². The zero-order chi connectivity index (χ0) is 25.0. The molecule has 0 unspecified atom stereocenters. The van der Waals surface area contributed by atoms with Crippen molar-refractivity contribution < 1.29 is 26.8 Å². The van der Waals surface area contributed by atoms with Crippen LogP contribution in [0.2, 0.25) is 0 Å². The first-order valence-electron chi connectivity index (χ1n) is 10.7. The Kier molecular flexibility index (Phi) is 6.88. The molecule has 0 aliphatic heterocycles. The van der Waals surface area contributed by atoms with Gasteiger partial charge in [-0.15, -0.1) is 0 Å². The molecule has 9 heteroatoms. The van der Waals surface area contributed by atoms with Gasteiger partial charge in [-0.1, -0.05) is 19.1 Å². The molecule has 1 amide bonds. The summed E-state index contributed by atoms with van der Waals surface area (Å²) >= 11 is 0. The fraction of sp³-hybridized carbons (Fsp3) is 0.115. The van der Waals surface area contributed by atoms with Crippen molar-refractivity contribution in [3.8, 4) is 11.1 Å². The molecule has 2 aromatic carbocycles. The van der Waals surface area contributed by atoms with Gasteiger partial charge >= 0.3 is 0 Å². The number of pyridine rings is 1. The van der Waals surface area contributed by atoms with Gasteiger partial charge in [0.2, 0.25) is 11.7 Å². The van der Waals surface area contributed by atoms with Crippen molar-refractivity contribution in [3.63, 3.8) is 0 Å². The second-order valence-corrected chi connectivity index (χ2v) is 9.99. The van der Waals surface area contributed by atoms with E-state index in [4.69, 9.17) is 4.42 Å². The first-order chi connectivity index (χ1) is 16.8. The van der Waals surface area contributed by atoms with Crippen molar-refractivity contribution in [2.45, 2.75) is 18.2 Å². The van der Waals surface area contributed by atoms with Crippen molar-refractivity contribution in [1.29, 1.82) is 0 Å². The SMILES string of the molecule is CCS(=O)(=O)c1ccc(CC(=O)Nc2ccc(-c3ccoc3)c(C(=O)c3ccc(F)cc3)n2)cc1. The number of hydrogen-bond acceptors (Lipinski definition) is 6. The van der Waals surface area contributed by atoms with Gasteiger partial charge in [0.1, 0.15) is 17.3 Å². The van der Waals surface area contributed by atoms with Gasteiger partial charge in [-0.2, -0.15) is 0 Å². The minimum absolute atomic E-state index is 0.00765. The summed E-state index contributed by atoms with van der Waals surface area (Å²) in [6, 6.07) is 16.1. The molecule has 2 aromatic heterocycles. The van der Waals surface area contributed by atoms with Gasteiger partial charge in [-0.05, 0) is 60.2 Å². The average molecular weight is 493 g/mol. The summed E-state index contributed by atoms with van der Waals surface area (Å²) in [7, 11) is -3.32. The summed E-state index contributed by atoms with van der Waals surface area (Å²) in [5.41, 5.74) is 2.07. The number of anilines is 1. The average Bonchev–Trinajstić information content (AvgIpc) is 3.39. The Balaban J connectivity index is 1.57. The van der Waals surface area contributed by atoms with Crippen LogP contribution in [0.5, 0.6) is 0 Å². The highest BCUT2D eigenvalue weighted by Crippen LogP contribution is 2.27. The molecule has 0 aliphatic carbocycles. The predicted octanol–water partition coefficient (Wildman–Crippen LogP) is 4.69. The van der Waals surface area contributed by atoms with E-state index in [1.165, 1.54) is 48.9 Å². The van der Waals surface area contributed by atoms with Gasteiger partial charge in [0.15, 0.2) is 9.84 Å². The number of amides is 1. The monoisotopic (exact) mass is 492 g/mol. The van der Waals surface area contributed by atoms with E-state index in [1.54, 1.807) is 37.3 Å². The number of rotatable bonds is 8. The van der Waals surface area contributed by atoms with Gasteiger partial charge < -0.3 is 9.73 Å². The fourth-order valence-electron chi connectivity index (χ4n) is 3.44. The number of ketones is 1. The van der Waals surface area contributed by atoms with E-state index in [0.29, 0.717) is 16.7 Å². The van der Waals surface area contributed by atoms with Crippen LogP contribution in [0.4, 0.5) is 10.2 Å². The Morgan fingerprint density at radius 1 is 0.971 bits per heavy atom. The molecular formula is C26H21FN2O5S. The lowest BCUT2D eigenvalue weighted by Gasteiger charge is -2.11. The van der Waals surface area contributed by atoms with Gasteiger partial charge in [-0.3, -0.25) is 9.59 Å². The number of benzene rings is 2. The fourth-order valence-corrected chi connectivity index (χ4v) is 4.33. The summed E-state index contributed by atoms with van der Waals surface area (Å²) in [5, 5.41) is 2.67. The molecule has 2 heterocycles. The maximum absolute atomic E-state index is 13.3. The summed E-state index contributed by atoms with van der Waals surface area (Å²) < 4.78 is 42.4. The zero-order valence-electron chi connectivity index (χ0n) is 18.7. The second-order valence-electron chi connectivity index (χ2n) is 7.71. The summed E-state index contributed by atoms with van der Waals surface area (Å²) in [4.78, 5) is 30.3. The second kappa shape index (κ2) is 10.0. The lowest BCUT2D eigenvalue weighted by atomic mass is 10.00. The van der Waals surface area contributed by atoms with Crippen molar-refractivity contribution in [1.82, 2.24) is 4.98 Å². The third-order valence-corrected chi connectivity index (χ3v) is 7.09. The van der Waals surface area contributed by atoms with Crippen LogP contribution in [-0.2, 0) is 21.1 Å². The topological polar surface area (TPSA) is 106 Å². The van der Waals surface area contributed by atoms with Crippen molar-refractivity contribution >= 4 is 27.3 Å². The van der Waals surface area contributed by atoms with Crippen LogP contribution in [0.15, 0.2) is 88.6 Å². The maximum Gasteiger partial charge on any atom is 0.229 e. The number of sulfone groups is 1. The maximum atomic E-state index is 13.3. The van der Waals surface area contributed by atoms with E-state index in [0.717, 1.165) is 0 Å². The Labute approximate surface area is 201 Å². The molecule has 35 heavy (non-hydrogen) atoms. The highest BCUT2D eigenvalue weighted by atomic mass is 32.2. The molecule has 1 N–H and O–H groups in total. The third kappa shape index (κ3) is 5.52. The number of nitrogens with zero attached hydrogens (tertiary/aromatic N) is 1. The van der Waals surface area contributed by atoms with E-state index < -0.39 is 21.4 Å². The minimum Gasteiger partial charge on any atom is -0.472 e. The molecule has 4 aromatic rings. The van der Waals surface area contributed by atoms with Crippen molar-refractivity contribution in [2.24, 2.45) is 0 Å². The molecule has 0 saturated heterocycles. The van der Waals surface area contributed by atoms with E-state index in [9.17, 15) is 22.4 Å². The Hall–Kier alpha value is -4.11. The molecular weight excluding hydrogens is 471 g/mol. The van der Waals surface area contributed by atoms with E-state index in [1.807, 2.05) is 0 Å². The highest BCUT2D eigenvalue weighted by Gasteiger charge is 2.19. The summed E-state index contributed by atoms with van der Waals surface area (Å²) in [6.45, 7) is 1.57. The standard InChI is InChI=1S/C26H21FN2O5S/c1-2-35(32,33)21-9-3-17(4-10-21)15-24(30)28-23-12-11-22(19-13-14-34-16-19)25(29-23)26(31)18-5-7-20(27)8-6-18/h3-14,16H,2,15H2,1H3,(H,28,29,30). The van der Waals surface area contributed by atoms with E-state index in [2.05, 4.69) is 10.3 Å². The molecule has 0 fully saturated rings. The van der Waals surface area contributed by atoms with Crippen LogP contribution < -0.4 is 5.32 Å². The van der Waals surface area contributed by atoms with E-state index in [-0.39, 0.29) is 40.1 Å². The molecule has 0 spiro atoms. The zero-order valence-corrected chi connectivity index (χ0v) is 19.5. The number of carbonyl (C=O) groups excluding carboxylic acids is 2. The lowest BCUT2D eigenvalue weighted by molar-refractivity contribution is -0.115. The normalized spacial score (nSPS) is 11.3. The number of furan rings is 1. The third-order valence-electron chi connectivity index (χ3n) is 5.34. The molecule has 4 rings (SSSR count). The van der Waals surface area contributed by atoms with Crippen LogP contribution in [0.25, 0.3) is 11.1 Å². The van der Waals surface area contributed by atoms with E-state index >= 15 is 0 Å². The van der Waals surface area contributed by atoms with Crippen LogP contribution in [0, 0.1) is 5.82 Å². The van der Waals surface area contributed by atoms with Crippen LogP contribution >= 0.6 is 0 Å². The van der Waals surface area contributed by atoms with Gasteiger partial charge in [0, 0.05) is 16.7 Å². The Bertz CT molecular complexity index is 1460. The molecule has 7 nitrogen and oxygen atoms in total. The smallest absolute Gasteiger partial charge is 0.229 e. The summed E-state index contributed by atoms with van der Waals surface area (Å²) in [6.07, 6.45) is 2.92.